The first-order chi connectivity index (χ1) is 18.9. The van der Waals surface area contributed by atoms with Crippen molar-refractivity contribution in [2.45, 2.75) is 38.6 Å². The second-order valence-corrected chi connectivity index (χ2v) is 11.7. The van der Waals surface area contributed by atoms with Gasteiger partial charge in [0, 0.05) is 41.4 Å². The summed E-state index contributed by atoms with van der Waals surface area (Å²) in [5.74, 6) is 2.21. The maximum Gasteiger partial charge on any atom is 0.416 e. The molecule has 0 aromatic heterocycles. The number of piperidine rings is 1. The molecule has 39 heavy (non-hydrogen) atoms. The number of aryl methyl sites for hydroxylation is 1. The van der Waals surface area contributed by atoms with Crippen LogP contribution in [0.1, 0.15) is 42.9 Å². The molecule has 1 amide bonds. The van der Waals surface area contributed by atoms with Gasteiger partial charge in [0.15, 0.2) is 0 Å². The molecule has 0 radical (unpaired) electrons. The number of nitrogens with one attached hydrogen (secondary N) is 1. The molecule has 3 aliphatic heterocycles. The minimum Gasteiger partial charge on any atom is -0.493 e. The molecular formula is C32H36ClN3O3. The van der Waals surface area contributed by atoms with Gasteiger partial charge in [0.25, 0.3) is 0 Å². The van der Waals surface area contributed by atoms with Crippen molar-refractivity contribution in [3.8, 4) is 11.5 Å². The SMILES string of the molecule is Cc1ccc(OC(=O)N2CCC3=C(NC4=CC=C(Cl)CC43)C2c2ccc(OCC3CCCN(C)C3)cc2)cc1. The molecule has 7 heteroatoms. The second kappa shape index (κ2) is 11.1. The van der Waals surface area contributed by atoms with Crippen molar-refractivity contribution in [2.75, 3.05) is 33.3 Å². The summed E-state index contributed by atoms with van der Waals surface area (Å²) in [6.07, 6.45) is 7.70. The van der Waals surface area contributed by atoms with Crippen LogP contribution < -0.4 is 14.8 Å². The second-order valence-electron chi connectivity index (χ2n) is 11.2. The van der Waals surface area contributed by atoms with Gasteiger partial charge in [0.2, 0.25) is 0 Å². The molecule has 1 saturated heterocycles. The molecule has 0 saturated carbocycles. The van der Waals surface area contributed by atoms with E-state index in [2.05, 4.69) is 35.5 Å². The molecule has 4 aliphatic rings. The Bertz CT molecular complexity index is 1320. The average molecular weight is 546 g/mol. The molecule has 2 aromatic carbocycles. The maximum absolute atomic E-state index is 13.5. The van der Waals surface area contributed by atoms with Crippen LogP contribution in [0, 0.1) is 18.8 Å². The van der Waals surface area contributed by atoms with Crippen LogP contribution in [0.3, 0.4) is 0 Å². The molecule has 2 aromatic rings. The number of halogens is 1. The molecule has 3 unspecified atom stereocenters. The van der Waals surface area contributed by atoms with E-state index in [-0.39, 0.29) is 18.1 Å². The Kier molecular flexibility index (Phi) is 7.41. The first-order valence-corrected chi connectivity index (χ1v) is 14.3. The molecule has 3 atom stereocenters. The van der Waals surface area contributed by atoms with E-state index in [1.165, 1.54) is 25.0 Å². The van der Waals surface area contributed by atoms with Gasteiger partial charge in [0.05, 0.1) is 6.61 Å². The van der Waals surface area contributed by atoms with E-state index in [4.69, 9.17) is 21.1 Å². The highest BCUT2D eigenvalue weighted by Gasteiger charge is 2.42. The number of carbonyl (C=O) groups is 1. The number of nitrogens with zero attached hydrogens (tertiary/aromatic N) is 2. The number of ether oxygens (including phenoxy) is 2. The normalized spacial score (nSPS) is 24.8. The summed E-state index contributed by atoms with van der Waals surface area (Å²) in [5.41, 5.74) is 5.70. The van der Waals surface area contributed by atoms with Gasteiger partial charge in [0.1, 0.15) is 17.5 Å². The molecule has 1 aliphatic carbocycles. The van der Waals surface area contributed by atoms with Crippen molar-refractivity contribution in [3.05, 3.63) is 93.8 Å². The smallest absolute Gasteiger partial charge is 0.416 e. The topological polar surface area (TPSA) is 54.0 Å². The third-order valence-corrected chi connectivity index (χ3v) is 8.62. The van der Waals surface area contributed by atoms with E-state index in [0.717, 1.165) is 59.3 Å². The minimum atomic E-state index is -0.348. The third-order valence-electron chi connectivity index (χ3n) is 8.34. The van der Waals surface area contributed by atoms with Gasteiger partial charge in [-0.15, -0.1) is 0 Å². The molecule has 0 bridgehead atoms. The number of carbonyl (C=O) groups excluding carboxylic acids is 1. The number of fused-ring (bicyclic) bond motifs is 2. The maximum atomic E-state index is 13.5. The quantitative estimate of drug-likeness (QED) is 0.462. The molecule has 3 heterocycles. The fraction of sp³-hybridized carbons (Fsp3) is 0.406. The fourth-order valence-corrected chi connectivity index (χ4v) is 6.51. The van der Waals surface area contributed by atoms with E-state index >= 15 is 0 Å². The average Bonchev–Trinajstić information content (AvgIpc) is 3.31. The van der Waals surface area contributed by atoms with Gasteiger partial charge < -0.3 is 19.7 Å². The zero-order valence-electron chi connectivity index (χ0n) is 22.7. The molecule has 204 valence electrons. The summed E-state index contributed by atoms with van der Waals surface area (Å²) in [4.78, 5) is 17.8. The van der Waals surface area contributed by atoms with E-state index in [0.29, 0.717) is 18.2 Å². The van der Waals surface area contributed by atoms with Crippen molar-refractivity contribution in [3.63, 3.8) is 0 Å². The summed E-state index contributed by atoms with van der Waals surface area (Å²) < 4.78 is 12.0. The first-order valence-electron chi connectivity index (χ1n) is 14.0. The molecule has 6 nitrogen and oxygen atoms in total. The number of amides is 1. The number of allylic oxidation sites excluding steroid dienone is 4. The summed E-state index contributed by atoms with van der Waals surface area (Å²) in [6, 6.07) is 15.5. The van der Waals surface area contributed by atoms with Gasteiger partial charge in [-0.3, -0.25) is 4.90 Å². The lowest BCUT2D eigenvalue weighted by Crippen LogP contribution is -2.42. The van der Waals surface area contributed by atoms with Gasteiger partial charge in [-0.2, -0.15) is 0 Å². The van der Waals surface area contributed by atoms with Crippen molar-refractivity contribution in [1.82, 2.24) is 15.1 Å². The summed E-state index contributed by atoms with van der Waals surface area (Å²) in [5, 5.41) is 4.52. The molecule has 1 N–H and O–H groups in total. The highest BCUT2D eigenvalue weighted by Crippen LogP contribution is 2.47. The summed E-state index contributed by atoms with van der Waals surface area (Å²) in [6.45, 7) is 5.57. The van der Waals surface area contributed by atoms with E-state index in [1.54, 1.807) is 0 Å². The molecule has 6 rings (SSSR count). The van der Waals surface area contributed by atoms with E-state index < -0.39 is 0 Å². The Morgan fingerprint density at radius 3 is 2.59 bits per heavy atom. The van der Waals surface area contributed by atoms with Gasteiger partial charge in [-0.1, -0.05) is 41.4 Å². The predicted octanol–water partition coefficient (Wildman–Crippen LogP) is 6.55. The zero-order valence-corrected chi connectivity index (χ0v) is 23.4. The monoisotopic (exact) mass is 545 g/mol. The van der Waals surface area contributed by atoms with Crippen LogP contribution in [0.15, 0.2) is 82.7 Å². The summed E-state index contributed by atoms with van der Waals surface area (Å²) >= 11 is 6.42. The Balaban J connectivity index is 1.25. The van der Waals surface area contributed by atoms with Crippen LogP contribution in [-0.4, -0.2) is 49.2 Å². The van der Waals surface area contributed by atoms with Gasteiger partial charge in [-0.25, -0.2) is 4.79 Å². The molecule has 1 fully saturated rings. The molecular weight excluding hydrogens is 510 g/mol. The zero-order chi connectivity index (χ0) is 26.9. The van der Waals surface area contributed by atoms with Crippen molar-refractivity contribution < 1.29 is 14.3 Å². The minimum absolute atomic E-state index is 0.242. The van der Waals surface area contributed by atoms with Crippen molar-refractivity contribution >= 4 is 17.7 Å². The van der Waals surface area contributed by atoms with E-state index in [9.17, 15) is 4.79 Å². The number of hydrogen-bond donors (Lipinski definition) is 1. The highest BCUT2D eigenvalue weighted by molar-refractivity contribution is 6.29. The Morgan fingerprint density at radius 2 is 1.82 bits per heavy atom. The van der Waals surface area contributed by atoms with Crippen LogP contribution >= 0.6 is 11.6 Å². The highest BCUT2D eigenvalue weighted by atomic mass is 35.5. The molecule has 0 spiro atoms. The summed E-state index contributed by atoms with van der Waals surface area (Å²) in [7, 11) is 2.18. The Hall–Kier alpha value is -3.22. The number of hydrogen-bond acceptors (Lipinski definition) is 5. The standard InChI is InChI=1S/C32H36ClN3O3/c1-21-5-10-26(11-6-21)39-32(37)36-17-15-27-28-18-24(33)9-14-29(28)34-30(27)31(36)23-7-12-25(13-8-23)38-20-22-4-3-16-35(2)19-22/h5-14,22,28,31,34H,3-4,15-20H2,1-2H3. The van der Waals surface area contributed by atoms with Gasteiger partial charge >= 0.3 is 6.09 Å². The predicted molar refractivity (Wildman–Crippen MR) is 154 cm³/mol. The van der Waals surface area contributed by atoms with Crippen LogP contribution in [0.25, 0.3) is 0 Å². The van der Waals surface area contributed by atoms with Crippen LogP contribution in [-0.2, 0) is 0 Å². The Morgan fingerprint density at radius 1 is 1.05 bits per heavy atom. The van der Waals surface area contributed by atoms with Crippen molar-refractivity contribution in [2.24, 2.45) is 11.8 Å². The van der Waals surface area contributed by atoms with E-state index in [1.807, 2.05) is 54.3 Å². The number of rotatable bonds is 5. The first kappa shape index (κ1) is 26.0. The van der Waals surface area contributed by atoms with Crippen LogP contribution in [0.4, 0.5) is 4.79 Å². The largest absolute Gasteiger partial charge is 0.493 e. The lowest BCUT2D eigenvalue weighted by molar-refractivity contribution is 0.133. The lowest BCUT2D eigenvalue weighted by atomic mass is 9.85. The fourth-order valence-electron chi connectivity index (χ4n) is 6.29. The number of benzene rings is 2. The third kappa shape index (κ3) is 5.59. The van der Waals surface area contributed by atoms with Crippen molar-refractivity contribution in [1.29, 1.82) is 0 Å². The van der Waals surface area contributed by atoms with Crippen LogP contribution in [0.5, 0.6) is 11.5 Å². The number of likely N-dealkylation sites (tertiary alicyclic amines) is 1. The van der Waals surface area contributed by atoms with Gasteiger partial charge in [-0.05, 0) is 93.8 Å². The Labute approximate surface area is 235 Å². The lowest BCUT2D eigenvalue weighted by Gasteiger charge is -2.37. The van der Waals surface area contributed by atoms with Crippen LogP contribution in [0.2, 0.25) is 0 Å².